The Hall–Kier alpha value is -1.54. The quantitative estimate of drug-likeness (QED) is 0.734. The van der Waals surface area contributed by atoms with Crippen LogP contribution in [0.1, 0.15) is 33.6 Å². The van der Waals surface area contributed by atoms with Crippen LogP contribution in [0.15, 0.2) is 6.20 Å². The number of alkyl halides is 2. The lowest BCUT2D eigenvalue weighted by atomic mass is 10.0. The van der Waals surface area contributed by atoms with Crippen molar-refractivity contribution in [2.75, 3.05) is 0 Å². The Morgan fingerprint density at radius 2 is 2.27 bits per heavy atom. The standard InChI is InChI=1S/C9H5ClF2N2O/c1-4-7(9(11)12)5(2-13)6(3-14-4)8(10)15/h3,9H,1H3. The molecule has 0 radical (unpaired) electrons. The van der Waals surface area contributed by atoms with Crippen LogP contribution in [0.5, 0.6) is 0 Å². The van der Waals surface area contributed by atoms with E-state index in [9.17, 15) is 13.6 Å². The van der Waals surface area contributed by atoms with Gasteiger partial charge in [0.1, 0.15) is 6.07 Å². The molecule has 6 heteroatoms. The Bertz CT molecular complexity index is 454. The average molecular weight is 231 g/mol. The predicted octanol–water partition coefficient (Wildman–Crippen LogP) is 2.58. The Balaban J connectivity index is 3.56. The zero-order valence-electron chi connectivity index (χ0n) is 7.59. The summed E-state index contributed by atoms with van der Waals surface area (Å²) < 4.78 is 25.1. The van der Waals surface area contributed by atoms with Crippen LogP contribution in [0.3, 0.4) is 0 Å². The molecule has 0 N–H and O–H groups in total. The van der Waals surface area contributed by atoms with Gasteiger partial charge < -0.3 is 0 Å². The fraction of sp³-hybridized carbons (Fsp3) is 0.222. The molecule has 0 aromatic carbocycles. The molecule has 15 heavy (non-hydrogen) atoms. The lowest BCUT2D eigenvalue weighted by Crippen LogP contribution is -2.04. The van der Waals surface area contributed by atoms with Crippen LogP contribution < -0.4 is 0 Å². The molecule has 0 spiro atoms. The van der Waals surface area contributed by atoms with Gasteiger partial charge in [-0.3, -0.25) is 9.78 Å². The highest BCUT2D eigenvalue weighted by Crippen LogP contribution is 2.27. The minimum Gasteiger partial charge on any atom is -0.275 e. The third-order valence-electron chi connectivity index (χ3n) is 1.86. The minimum absolute atomic E-state index is 0.0169. The summed E-state index contributed by atoms with van der Waals surface area (Å²) in [4.78, 5) is 14.4. The van der Waals surface area contributed by atoms with Gasteiger partial charge in [-0.05, 0) is 18.5 Å². The van der Waals surface area contributed by atoms with Crippen molar-refractivity contribution in [1.29, 1.82) is 5.26 Å². The van der Waals surface area contributed by atoms with Crippen LogP contribution in [-0.4, -0.2) is 10.2 Å². The molecule has 1 heterocycles. The van der Waals surface area contributed by atoms with Gasteiger partial charge in [-0.2, -0.15) is 5.26 Å². The second-order valence-electron chi connectivity index (χ2n) is 2.73. The first-order valence-electron chi connectivity index (χ1n) is 3.86. The molecule has 1 rings (SSSR count). The molecular weight excluding hydrogens is 226 g/mol. The van der Waals surface area contributed by atoms with Gasteiger partial charge in [-0.15, -0.1) is 0 Å². The summed E-state index contributed by atoms with van der Waals surface area (Å²) in [5, 5.41) is 7.73. The maximum Gasteiger partial charge on any atom is 0.266 e. The molecule has 0 fully saturated rings. The molecule has 0 bridgehead atoms. The number of aryl methyl sites for hydroxylation is 1. The van der Waals surface area contributed by atoms with Gasteiger partial charge in [-0.1, -0.05) is 0 Å². The third-order valence-corrected chi connectivity index (χ3v) is 2.06. The van der Waals surface area contributed by atoms with Crippen LogP contribution in [-0.2, 0) is 0 Å². The summed E-state index contributed by atoms with van der Waals surface area (Å²) in [5.41, 5.74) is -1.22. The molecule has 0 saturated heterocycles. The second kappa shape index (κ2) is 4.32. The van der Waals surface area contributed by atoms with Gasteiger partial charge in [0.2, 0.25) is 0 Å². The molecule has 1 aromatic rings. The largest absolute Gasteiger partial charge is 0.275 e. The number of carbonyl (C=O) groups is 1. The zero-order valence-corrected chi connectivity index (χ0v) is 8.35. The summed E-state index contributed by atoms with van der Waals surface area (Å²) in [5.74, 6) is 0. The van der Waals surface area contributed by atoms with Gasteiger partial charge >= 0.3 is 0 Å². The fourth-order valence-electron chi connectivity index (χ4n) is 1.16. The van der Waals surface area contributed by atoms with Gasteiger partial charge in [0.05, 0.1) is 16.7 Å². The van der Waals surface area contributed by atoms with E-state index in [1.807, 2.05) is 0 Å². The highest BCUT2D eigenvalue weighted by molar-refractivity contribution is 6.68. The van der Waals surface area contributed by atoms with Crippen molar-refractivity contribution in [3.63, 3.8) is 0 Å². The Labute approximate surface area is 89.3 Å². The summed E-state index contributed by atoms with van der Waals surface area (Å²) in [6, 6.07) is 1.54. The zero-order chi connectivity index (χ0) is 11.6. The van der Waals surface area contributed by atoms with E-state index in [0.29, 0.717) is 0 Å². The van der Waals surface area contributed by atoms with Crippen molar-refractivity contribution in [2.45, 2.75) is 13.3 Å². The predicted molar refractivity (Wildman–Crippen MR) is 48.8 cm³/mol. The van der Waals surface area contributed by atoms with E-state index in [1.54, 1.807) is 6.07 Å². The number of carbonyl (C=O) groups excluding carboxylic acids is 1. The Morgan fingerprint density at radius 3 is 2.67 bits per heavy atom. The van der Waals surface area contributed by atoms with Crippen molar-refractivity contribution in [3.05, 3.63) is 28.6 Å². The fourth-order valence-corrected chi connectivity index (χ4v) is 1.30. The van der Waals surface area contributed by atoms with Gasteiger partial charge in [0.25, 0.3) is 11.7 Å². The molecule has 0 aliphatic rings. The SMILES string of the molecule is Cc1ncc(C(=O)Cl)c(C#N)c1C(F)F. The second-order valence-corrected chi connectivity index (χ2v) is 3.08. The van der Waals surface area contributed by atoms with Crippen molar-refractivity contribution in [1.82, 2.24) is 4.98 Å². The number of nitrogens with zero attached hydrogens (tertiary/aromatic N) is 2. The first-order valence-corrected chi connectivity index (χ1v) is 4.24. The lowest BCUT2D eigenvalue weighted by molar-refractivity contribution is 0.108. The molecule has 3 nitrogen and oxygen atoms in total. The summed E-state index contributed by atoms with van der Waals surface area (Å²) in [6.45, 7) is 1.34. The van der Waals surface area contributed by atoms with Crippen LogP contribution in [0.2, 0.25) is 0 Å². The van der Waals surface area contributed by atoms with Crippen LogP contribution in [0.25, 0.3) is 0 Å². The normalized spacial score (nSPS) is 10.1. The van der Waals surface area contributed by atoms with Gasteiger partial charge in [0.15, 0.2) is 0 Å². The molecule has 0 amide bonds. The lowest BCUT2D eigenvalue weighted by Gasteiger charge is -2.08. The van der Waals surface area contributed by atoms with Crippen LogP contribution in [0, 0.1) is 18.3 Å². The van der Waals surface area contributed by atoms with Gasteiger partial charge in [-0.25, -0.2) is 8.78 Å². The highest BCUT2D eigenvalue weighted by Gasteiger charge is 2.22. The number of nitriles is 1. The van der Waals surface area contributed by atoms with Crippen LogP contribution >= 0.6 is 11.6 Å². The summed E-state index contributed by atoms with van der Waals surface area (Å²) in [6.07, 6.45) is -1.84. The monoisotopic (exact) mass is 230 g/mol. The summed E-state index contributed by atoms with van der Waals surface area (Å²) >= 11 is 5.14. The van der Waals surface area contributed by atoms with Crippen molar-refractivity contribution >= 4 is 16.8 Å². The maximum absolute atomic E-state index is 12.6. The number of halogens is 3. The molecule has 0 aliphatic heterocycles. The number of rotatable bonds is 2. The van der Waals surface area contributed by atoms with Crippen molar-refractivity contribution in [2.24, 2.45) is 0 Å². The third kappa shape index (κ3) is 2.10. The molecule has 0 aliphatic carbocycles. The van der Waals surface area contributed by atoms with Crippen molar-refractivity contribution < 1.29 is 13.6 Å². The molecule has 0 saturated carbocycles. The first kappa shape index (κ1) is 11.5. The topological polar surface area (TPSA) is 53.8 Å². The Kier molecular flexibility index (Phi) is 3.32. The van der Waals surface area contributed by atoms with E-state index in [2.05, 4.69) is 4.98 Å². The summed E-state index contributed by atoms with van der Waals surface area (Å²) in [7, 11) is 0. The van der Waals surface area contributed by atoms with E-state index < -0.39 is 22.8 Å². The van der Waals surface area contributed by atoms with Crippen LogP contribution in [0.4, 0.5) is 8.78 Å². The van der Waals surface area contributed by atoms with Gasteiger partial charge in [0, 0.05) is 11.9 Å². The molecular formula is C9H5ClF2N2O. The molecule has 78 valence electrons. The first-order chi connectivity index (χ1) is 6.99. The number of aromatic nitrogens is 1. The average Bonchev–Trinajstić information content (AvgIpc) is 2.15. The smallest absolute Gasteiger partial charge is 0.266 e. The van der Waals surface area contributed by atoms with E-state index in [4.69, 9.17) is 16.9 Å². The molecule has 0 unspecified atom stereocenters. The van der Waals surface area contributed by atoms with Crippen molar-refractivity contribution in [3.8, 4) is 6.07 Å². The molecule has 0 atom stereocenters. The van der Waals surface area contributed by atoms with E-state index in [0.717, 1.165) is 6.20 Å². The van der Waals surface area contributed by atoms with E-state index >= 15 is 0 Å². The minimum atomic E-state index is -2.86. The molecule has 1 aromatic heterocycles. The number of pyridine rings is 1. The Morgan fingerprint density at radius 1 is 1.67 bits per heavy atom. The van der Waals surface area contributed by atoms with E-state index in [1.165, 1.54) is 6.92 Å². The van der Waals surface area contributed by atoms with E-state index in [-0.39, 0.29) is 11.3 Å². The highest BCUT2D eigenvalue weighted by atomic mass is 35.5. The maximum atomic E-state index is 12.6. The number of hydrogen-bond donors (Lipinski definition) is 0. The number of hydrogen-bond acceptors (Lipinski definition) is 3.